The number of hydrogen-bond donors (Lipinski definition) is 1. The Labute approximate surface area is 110 Å². The quantitative estimate of drug-likeness (QED) is 0.837. The van der Waals surface area contributed by atoms with Crippen molar-refractivity contribution in [1.29, 1.82) is 5.26 Å². The van der Waals surface area contributed by atoms with Crippen LogP contribution >= 0.6 is 0 Å². The number of nitrogens with one attached hydrogen (secondary N) is 1. The zero-order chi connectivity index (χ0) is 13.7. The summed E-state index contributed by atoms with van der Waals surface area (Å²) in [5.41, 5.74) is 0.176. The van der Waals surface area contributed by atoms with Gasteiger partial charge in [0.25, 0.3) is 0 Å². The number of sulfonamides is 1. The number of hydrogen-bond acceptors (Lipinski definition) is 5. The summed E-state index contributed by atoms with van der Waals surface area (Å²) in [7, 11) is -3.60. The van der Waals surface area contributed by atoms with Gasteiger partial charge in [0.15, 0.2) is 0 Å². The minimum atomic E-state index is -3.60. The fourth-order valence-corrected chi connectivity index (χ4v) is 2.38. The van der Waals surface area contributed by atoms with E-state index in [0.29, 0.717) is 6.54 Å². The third-order valence-corrected chi connectivity index (χ3v) is 3.80. The standard InChI is InChI=1S/C11H11N5O2S/c12-8-10-2-3-11(9-13-10)19(17,18)15-5-7-16-6-1-4-14-16/h1-4,6,9,15H,5,7H2. The van der Waals surface area contributed by atoms with Gasteiger partial charge in [-0.2, -0.15) is 10.4 Å². The average Bonchev–Trinajstić information content (AvgIpc) is 2.92. The summed E-state index contributed by atoms with van der Waals surface area (Å²) >= 11 is 0. The molecule has 0 saturated heterocycles. The van der Waals surface area contributed by atoms with Gasteiger partial charge in [-0.1, -0.05) is 0 Å². The lowest BCUT2D eigenvalue weighted by Crippen LogP contribution is -2.27. The lowest BCUT2D eigenvalue weighted by atomic mass is 10.4. The van der Waals surface area contributed by atoms with Crippen LogP contribution in [0.5, 0.6) is 0 Å². The summed E-state index contributed by atoms with van der Waals surface area (Å²) in [5, 5.41) is 12.6. The molecule has 8 heteroatoms. The first-order valence-electron chi connectivity index (χ1n) is 5.45. The number of nitrogens with zero attached hydrogens (tertiary/aromatic N) is 4. The highest BCUT2D eigenvalue weighted by Crippen LogP contribution is 2.06. The largest absolute Gasteiger partial charge is 0.271 e. The minimum Gasteiger partial charge on any atom is -0.271 e. The molecule has 0 aliphatic rings. The molecular weight excluding hydrogens is 266 g/mol. The molecule has 7 nitrogen and oxygen atoms in total. The van der Waals surface area contributed by atoms with Gasteiger partial charge in [0.05, 0.1) is 6.54 Å². The van der Waals surface area contributed by atoms with Crippen molar-refractivity contribution in [2.45, 2.75) is 11.4 Å². The van der Waals surface area contributed by atoms with E-state index >= 15 is 0 Å². The molecule has 2 heterocycles. The minimum absolute atomic E-state index is 0.0342. The molecule has 0 aliphatic heterocycles. The molecule has 0 aromatic carbocycles. The van der Waals surface area contributed by atoms with E-state index in [1.165, 1.54) is 12.1 Å². The maximum atomic E-state index is 11.9. The van der Waals surface area contributed by atoms with Crippen molar-refractivity contribution in [3.8, 4) is 6.07 Å². The van der Waals surface area contributed by atoms with Crippen molar-refractivity contribution < 1.29 is 8.42 Å². The average molecular weight is 277 g/mol. The normalized spacial score (nSPS) is 11.1. The second kappa shape index (κ2) is 5.60. The Bertz CT molecular complexity index is 671. The maximum absolute atomic E-state index is 11.9. The Hall–Kier alpha value is -2.24. The monoisotopic (exact) mass is 277 g/mol. The van der Waals surface area contributed by atoms with Gasteiger partial charge in [-0.25, -0.2) is 18.1 Å². The molecule has 0 amide bonds. The molecule has 98 valence electrons. The van der Waals surface area contributed by atoms with Crippen LogP contribution in [0.1, 0.15) is 5.69 Å². The van der Waals surface area contributed by atoms with Gasteiger partial charge in [0.1, 0.15) is 16.7 Å². The van der Waals surface area contributed by atoms with E-state index in [1.807, 2.05) is 6.07 Å². The zero-order valence-electron chi connectivity index (χ0n) is 9.89. The molecule has 0 fully saturated rings. The number of aromatic nitrogens is 3. The molecule has 2 aromatic heterocycles. The molecule has 0 aliphatic carbocycles. The molecule has 2 rings (SSSR count). The van der Waals surface area contributed by atoms with Crippen LogP contribution in [0.2, 0.25) is 0 Å². The van der Waals surface area contributed by atoms with Crippen LogP contribution in [0, 0.1) is 11.3 Å². The van der Waals surface area contributed by atoms with Gasteiger partial charge in [0, 0.05) is 25.1 Å². The molecule has 2 aromatic rings. The lowest BCUT2D eigenvalue weighted by Gasteiger charge is -2.06. The first kappa shape index (κ1) is 13.2. The third kappa shape index (κ3) is 3.37. The van der Waals surface area contributed by atoms with Gasteiger partial charge in [-0.15, -0.1) is 0 Å². The number of rotatable bonds is 5. The highest BCUT2D eigenvalue weighted by Gasteiger charge is 2.13. The second-order valence-electron chi connectivity index (χ2n) is 3.66. The first-order chi connectivity index (χ1) is 9.12. The number of pyridine rings is 1. The SMILES string of the molecule is N#Cc1ccc(S(=O)(=O)NCCn2cccn2)cn1. The Morgan fingerprint density at radius 2 is 2.26 bits per heavy atom. The van der Waals surface area contributed by atoms with Gasteiger partial charge in [-0.05, 0) is 18.2 Å². The van der Waals surface area contributed by atoms with Gasteiger partial charge < -0.3 is 0 Å². The van der Waals surface area contributed by atoms with E-state index < -0.39 is 10.0 Å². The molecule has 1 N–H and O–H groups in total. The van der Waals surface area contributed by atoms with E-state index in [0.717, 1.165) is 6.20 Å². The Morgan fingerprint density at radius 3 is 2.84 bits per heavy atom. The summed E-state index contributed by atoms with van der Waals surface area (Å²) in [4.78, 5) is 3.76. The molecule has 0 atom stereocenters. The molecule has 0 unspecified atom stereocenters. The summed E-state index contributed by atoms with van der Waals surface area (Å²) in [6, 6.07) is 6.30. The van der Waals surface area contributed by atoms with Crippen LogP contribution in [0.4, 0.5) is 0 Å². The topological polar surface area (TPSA) is 101 Å². The summed E-state index contributed by atoms with van der Waals surface area (Å²) in [5.74, 6) is 0. The predicted molar refractivity (Wildman–Crippen MR) is 66.4 cm³/mol. The van der Waals surface area contributed by atoms with Crippen LogP contribution in [0.3, 0.4) is 0 Å². The van der Waals surface area contributed by atoms with Gasteiger partial charge in [0.2, 0.25) is 10.0 Å². The maximum Gasteiger partial charge on any atom is 0.242 e. The van der Waals surface area contributed by atoms with Gasteiger partial charge >= 0.3 is 0 Å². The smallest absolute Gasteiger partial charge is 0.242 e. The van der Waals surface area contributed by atoms with Gasteiger partial charge in [-0.3, -0.25) is 4.68 Å². The molecule has 0 radical (unpaired) electrons. The zero-order valence-corrected chi connectivity index (χ0v) is 10.7. The van der Waals surface area contributed by atoms with Crippen molar-refractivity contribution in [2.24, 2.45) is 0 Å². The number of nitriles is 1. The van der Waals surface area contributed by atoms with E-state index in [-0.39, 0.29) is 17.1 Å². The van der Waals surface area contributed by atoms with E-state index in [2.05, 4.69) is 14.8 Å². The Kier molecular flexibility index (Phi) is 3.89. The fourth-order valence-electron chi connectivity index (χ4n) is 1.42. The third-order valence-electron chi connectivity index (χ3n) is 2.35. The Morgan fingerprint density at radius 1 is 1.42 bits per heavy atom. The first-order valence-corrected chi connectivity index (χ1v) is 6.93. The second-order valence-corrected chi connectivity index (χ2v) is 5.42. The van der Waals surface area contributed by atoms with Crippen LogP contribution in [0.25, 0.3) is 0 Å². The van der Waals surface area contributed by atoms with Crippen LogP contribution < -0.4 is 4.72 Å². The molecule has 19 heavy (non-hydrogen) atoms. The van der Waals surface area contributed by atoms with Crippen LogP contribution in [-0.4, -0.2) is 29.7 Å². The summed E-state index contributed by atoms with van der Waals surface area (Å²) in [6.07, 6.45) is 4.53. The van der Waals surface area contributed by atoms with Crippen molar-refractivity contribution in [3.05, 3.63) is 42.5 Å². The van der Waals surface area contributed by atoms with E-state index in [4.69, 9.17) is 5.26 Å². The predicted octanol–water partition coefficient (Wildman–Crippen LogP) is 0.128. The van der Waals surface area contributed by atoms with Crippen molar-refractivity contribution in [3.63, 3.8) is 0 Å². The highest BCUT2D eigenvalue weighted by molar-refractivity contribution is 7.89. The van der Waals surface area contributed by atoms with Crippen LogP contribution in [0.15, 0.2) is 41.7 Å². The van der Waals surface area contributed by atoms with E-state index in [1.54, 1.807) is 23.1 Å². The summed E-state index contributed by atoms with van der Waals surface area (Å²) in [6.45, 7) is 0.667. The molecule has 0 spiro atoms. The van der Waals surface area contributed by atoms with E-state index in [9.17, 15) is 8.42 Å². The summed E-state index contributed by atoms with van der Waals surface area (Å²) < 4.78 is 27.9. The molecule has 0 bridgehead atoms. The fraction of sp³-hybridized carbons (Fsp3) is 0.182. The molecule has 0 saturated carbocycles. The molecular formula is C11H11N5O2S. The highest BCUT2D eigenvalue weighted by atomic mass is 32.2. The van der Waals surface area contributed by atoms with Crippen molar-refractivity contribution >= 4 is 10.0 Å². The van der Waals surface area contributed by atoms with Crippen molar-refractivity contribution in [2.75, 3.05) is 6.54 Å². The Balaban J connectivity index is 1.99. The van der Waals surface area contributed by atoms with Crippen LogP contribution in [-0.2, 0) is 16.6 Å². The van der Waals surface area contributed by atoms with Crippen molar-refractivity contribution in [1.82, 2.24) is 19.5 Å². The lowest BCUT2D eigenvalue weighted by molar-refractivity contribution is 0.560.